The predicted molar refractivity (Wildman–Crippen MR) is 109 cm³/mol. The Balaban J connectivity index is 3.26. The Hall–Kier alpha value is -2.61. The van der Waals surface area contributed by atoms with Crippen LogP contribution in [0.3, 0.4) is 0 Å². The summed E-state index contributed by atoms with van der Waals surface area (Å²) in [5.74, 6) is 0. The van der Waals surface area contributed by atoms with Crippen LogP contribution in [0.4, 0.5) is 0 Å². The van der Waals surface area contributed by atoms with E-state index in [0.29, 0.717) is 0 Å². The molecule has 0 aliphatic heterocycles. The van der Waals surface area contributed by atoms with Crippen LogP contribution in [0.5, 0.6) is 0 Å². The fourth-order valence-electron chi connectivity index (χ4n) is 2.21. The molecule has 0 amide bonds. The monoisotopic (exact) mass is 320 g/mol. The first-order chi connectivity index (χ1) is 11.3. The van der Waals surface area contributed by atoms with Crippen molar-refractivity contribution in [3.05, 3.63) is 90.2 Å². The van der Waals surface area contributed by atoms with Gasteiger partial charge < -0.3 is 4.90 Å². The number of hydrogen-bond acceptors (Lipinski definition) is 2. The fourth-order valence-corrected chi connectivity index (χ4v) is 2.21. The molecule has 0 radical (unpaired) electrons. The van der Waals surface area contributed by atoms with Crippen LogP contribution in [-0.2, 0) is 0 Å². The normalized spacial score (nSPS) is 12.4. The van der Waals surface area contributed by atoms with Gasteiger partial charge in [0.15, 0.2) is 0 Å². The van der Waals surface area contributed by atoms with Crippen molar-refractivity contribution in [3.63, 3.8) is 0 Å². The molecule has 2 heteroatoms. The second-order valence-electron chi connectivity index (χ2n) is 6.01. The van der Waals surface area contributed by atoms with Crippen molar-refractivity contribution in [2.45, 2.75) is 13.8 Å². The molecule has 2 nitrogen and oxygen atoms in total. The first-order valence-corrected chi connectivity index (χ1v) is 7.92. The van der Waals surface area contributed by atoms with Gasteiger partial charge in [-0.3, -0.25) is 4.99 Å². The molecule has 0 aliphatic rings. The molecule has 1 aromatic rings. The van der Waals surface area contributed by atoms with Crippen molar-refractivity contribution in [3.8, 4) is 0 Å². The van der Waals surface area contributed by atoms with E-state index in [4.69, 9.17) is 0 Å². The Morgan fingerprint density at radius 1 is 1.17 bits per heavy atom. The number of rotatable bonds is 7. The van der Waals surface area contributed by atoms with Gasteiger partial charge in [0.2, 0.25) is 0 Å². The molecule has 0 heterocycles. The molecule has 0 atom stereocenters. The standard InChI is InChI=1S/C22H28N2/c1-9-19(15-18(5)24(7)8)20-11-12-21(17(4)14-20)22(23-6)13-10-16(2)3/h9-15H,1-2,5H2,3-4,6-8H3/b13-10-,19-15+,23-22?. The highest BCUT2D eigenvalue weighted by molar-refractivity contribution is 6.10. The minimum absolute atomic E-state index is 0.937. The van der Waals surface area contributed by atoms with Gasteiger partial charge in [0.25, 0.3) is 0 Å². The summed E-state index contributed by atoms with van der Waals surface area (Å²) < 4.78 is 0. The summed E-state index contributed by atoms with van der Waals surface area (Å²) >= 11 is 0. The van der Waals surface area contributed by atoms with Gasteiger partial charge in [-0.2, -0.15) is 0 Å². The van der Waals surface area contributed by atoms with Crippen LogP contribution in [0, 0.1) is 6.92 Å². The van der Waals surface area contributed by atoms with E-state index >= 15 is 0 Å². The number of likely N-dealkylation sites (N-methyl/N-ethyl adjacent to an activating group) is 1. The number of nitrogens with zero attached hydrogens (tertiary/aromatic N) is 2. The highest BCUT2D eigenvalue weighted by Crippen LogP contribution is 2.22. The van der Waals surface area contributed by atoms with E-state index in [2.05, 4.69) is 49.9 Å². The van der Waals surface area contributed by atoms with Crippen LogP contribution < -0.4 is 0 Å². The molecular formula is C22H28N2. The Labute approximate surface area is 146 Å². The van der Waals surface area contributed by atoms with E-state index in [1.165, 1.54) is 5.56 Å². The van der Waals surface area contributed by atoms with Crippen molar-refractivity contribution < 1.29 is 0 Å². The summed E-state index contributed by atoms with van der Waals surface area (Å²) in [4.78, 5) is 6.37. The third-order valence-corrected chi connectivity index (χ3v) is 3.72. The molecule has 1 aromatic carbocycles. The average Bonchev–Trinajstić information content (AvgIpc) is 2.53. The van der Waals surface area contributed by atoms with Crippen LogP contribution in [-0.4, -0.2) is 31.8 Å². The van der Waals surface area contributed by atoms with Crippen LogP contribution in [0.25, 0.3) is 5.57 Å². The maximum atomic E-state index is 4.39. The van der Waals surface area contributed by atoms with Crippen molar-refractivity contribution in [1.82, 2.24) is 4.90 Å². The molecule has 0 unspecified atom stereocenters. The van der Waals surface area contributed by atoms with E-state index in [1.54, 1.807) is 0 Å². The summed E-state index contributed by atoms with van der Waals surface area (Å²) in [5, 5.41) is 0. The lowest BCUT2D eigenvalue weighted by molar-refractivity contribution is 0.533. The summed E-state index contributed by atoms with van der Waals surface area (Å²) in [6.07, 6.45) is 7.88. The smallest absolute Gasteiger partial charge is 0.0645 e. The number of benzene rings is 1. The molecule has 0 spiro atoms. The predicted octanol–water partition coefficient (Wildman–Crippen LogP) is 5.19. The van der Waals surface area contributed by atoms with Crippen molar-refractivity contribution >= 4 is 11.3 Å². The zero-order valence-electron chi connectivity index (χ0n) is 15.6. The molecule has 0 fully saturated rings. The number of aryl methyl sites for hydroxylation is 1. The second-order valence-corrected chi connectivity index (χ2v) is 6.01. The molecular weight excluding hydrogens is 292 g/mol. The first kappa shape index (κ1) is 19.4. The fraction of sp³-hybridized carbons (Fsp3) is 0.227. The molecule has 24 heavy (non-hydrogen) atoms. The Morgan fingerprint density at radius 3 is 2.29 bits per heavy atom. The number of aliphatic imine (C=N–C) groups is 1. The van der Waals surface area contributed by atoms with Crippen molar-refractivity contribution in [2.24, 2.45) is 4.99 Å². The van der Waals surface area contributed by atoms with Crippen molar-refractivity contribution in [1.29, 1.82) is 0 Å². The highest BCUT2D eigenvalue weighted by atomic mass is 15.1. The largest absolute Gasteiger partial charge is 0.378 e. The summed E-state index contributed by atoms with van der Waals surface area (Å²) in [6, 6.07) is 6.36. The molecule has 126 valence electrons. The average molecular weight is 320 g/mol. The van der Waals surface area contributed by atoms with Gasteiger partial charge >= 0.3 is 0 Å². The minimum Gasteiger partial charge on any atom is -0.378 e. The summed E-state index contributed by atoms with van der Waals surface area (Å²) in [5.41, 5.74) is 7.35. The van der Waals surface area contributed by atoms with Gasteiger partial charge in [-0.05, 0) is 42.7 Å². The van der Waals surface area contributed by atoms with Gasteiger partial charge in [-0.1, -0.05) is 55.7 Å². The number of hydrogen-bond donors (Lipinski definition) is 0. The van der Waals surface area contributed by atoms with E-state index in [1.807, 2.05) is 57.3 Å². The highest BCUT2D eigenvalue weighted by Gasteiger charge is 2.07. The van der Waals surface area contributed by atoms with Crippen LogP contribution in [0.2, 0.25) is 0 Å². The van der Waals surface area contributed by atoms with E-state index in [0.717, 1.165) is 33.7 Å². The zero-order valence-corrected chi connectivity index (χ0v) is 15.6. The van der Waals surface area contributed by atoms with Gasteiger partial charge in [0.05, 0.1) is 5.71 Å². The molecule has 0 aromatic heterocycles. The van der Waals surface area contributed by atoms with Gasteiger partial charge in [-0.15, -0.1) is 0 Å². The lowest BCUT2D eigenvalue weighted by Crippen LogP contribution is -2.08. The van der Waals surface area contributed by atoms with Crippen LogP contribution >= 0.6 is 0 Å². The molecule has 0 bridgehead atoms. The zero-order chi connectivity index (χ0) is 18.3. The topological polar surface area (TPSA) is 15.6 Å². The second kappa shape index (κ2) is 8.88. The van der Waals surface area contributed by atoms with E-state index < -0.39 is 0 Å². The maximum absolute atomic E-state index is 4.39. The maximum Gasteiger partial charge on any atom is 0.0645 e. The third kappa shape index (κ3) is 5.24. The van der Waals surface area contributed by atoms with Crippen LogP contribution in [0.15, 0.2) is 78.5 Å². The quantitative estimate of drug-likeness (QED) is 0.498. The molecule has 0 N–H and O–H groups in total. The molecule has 1 rings (SSSR count). The minimum atomic E-state index is 0.937. The van der Waals surface area contributed by atoms with Gasteiger partial charge in [0.1, 0.15) is 0 Å². The summed E-state index contributed by atoms with van der Waals surface area (Å²) in [7, 11) is 5.76. The molecule has 0 saturated carbocycles. The lowest BCUT2D eigenvalue weighted by atomic mass is 9.96. The summed E-state index contributed by atoms with van der Waals surface area (Å²) in [6.45, 7) is 15.9. The number of allylic oxidation sites excluding steroid dienone is 6. The van der Waals surface area contributed by atoms with Crippen molar-refractivity contribution in [2.75, 3.05) is 21.1 Å². The Morgan fingerprint density at radius 2 is 1.83 bits per heavy atom. The van der Waals surface area contributed by atoms with E-state index in [9.17, 15) is 0 Å². The van der Waals surface area contributed by atoms with Gasteiger partial charge in [-0.25, -0.2) is 0 Å². The Bertz CT molecular complexity index is 728. The van der Waals surface area contributed by atoms with Gasteiger partial charge in [0, 0.05) is 32.4 Å². The SMILES string of the molecule is C=C/C(=C\C(=C)N(C)C)c1ccc(C(/C=C\C(=C)C)=NC)c(C)c1. The lowest BCUT2D eigenvalue weighted by Gasteiger charge is -2.14. The third-order valence-electron chi connectivity index (χ3n) is 3.72. The molecule has 0 aliphatic carbocycles. The van der Waals surface area contributed by atoms with Crippen LogP contribution in [0.1, 0.15) is 23.6 Å². The first-order valence-electron chi connectivity index (χ1n) is 7.92. The Kier molecular flexibility index (Phi) is 7.19. The van der Waals surface area contributed by atoms with E-state index in [-0.39, 0.29) is 0 Å². The molecule has 0 saturated heterocycles.